The number of unbranched alkanes of at least 4 members (excludes halogenated alkanes) is 2. The van der Waals surface area contributed by atoms with Crippen molar-refractivity contribution < 1.29 is 9.84 Å². The van der Waals surface area contributed by atoms with E-state index in [0.29, 0.717) is 17.6 Å². The lowest BCUT2D eigenvalue weighted by Gasteiger charge is -2.37. The van der Waals surface area contributed by atoms with Gasteiger partial charge in [0.2, 0.25) is 0 Å². The van der Waals surface area contributed by atoms with E-state index in [-0.39, 0.29) is 0 Å². The van der Waals surface area contributed by atoms with Crippen LogP contribution >= 0.6 is 0 Å². The van der Waals surface area contributed by atoms with Gasteiger partial charge >= 0.3 is 0 Å². The van der Waals surface area contributed by atoms with Gasteiger partial charge in [-0.3, -0.25) is 0 Å². The number of hydrogen-bond donors (Lipinski definition) is 1. The van der Waals surface area contributed by atoms with Crippen LogP contribution in [0.15, 0.2) is 12.1 Å². The fraction of sp³-hybridized carbons (Fsp3) is 0.667. The SMILES string of the molecule is CCCCCc1ccc2c(c1O)C1CCCCC1CO2. The van der Waals surface area contributed by atoms with Crippen LogP contribution in [0.2, 0.25) is 0 Å². The molecule has 1 aromatic carbocycles. The van der Waals surface area contributed by atoms with Crippen molar-refractivity contribution in [3.05, 3.63) is 23.3 Å². The number of benzene rings is 1. The van der Waals surface area contributed by atoms with Gasteiger partial charge in [0.05, 0.1) is 6.61 Å². The maximum Gasteiger partial charge on any atom is 0.126 e. The Morgan fingerprint density at radius 3 is 2.90 bits per heavy atom. The number of rotatable bonds is 4. The number of phenols is 1. The van der Waals surface area contributed by atoms with E-state index in [1.807, 2.05) is 0 Å². The summed E-state index contributed by atoms with van der Waals surface area (Å²) in [6.45, 7) is 3.06. The number of ether oxygens (including phenoxy) is 1. The van der Waals surface area contributed by atoms with E-state index in [2.05, 4.69) is 19.1 Å². The van der Waals surface area contributed by atoms with E-state index < -0.39 is 0 Å². The van der Waals surface area contributed by atoms with Crippen LogP contribution in [0.25, 0.3) is 0 Å². The van der Waals surface area contributed by atoms with Crippen LogP contribution in [0.4, 0.5) is 0 Å². The fourth-order valence-electron chi connectivity index (χ4n) is 3.87. The molecule has 0 saturated heterocycles. The predicted molar refractivity (Wildman–Crippen MR) is 81.5 cm³/mol. The lowest BCUT2D eigenvalue weighted by Crippen LogP contribution is -2.28. The molecule has 1 aliphatic heterocycles. The van der Waals surface area contributed by atoms with Gasteiger partial charge in [-0.15, -0.1) is 0 Å². The van der Waals surface area contributed by atoms with E-state index in [1.165, 1.54) is 38.5 Å². The van der Waals surface area contributed by atoms with Crippen LogP contribution in [0.5, 0.6) is 11.5 Å². The van der Waals surface area contributed by atoms with Crippen LogP contribution < -0.4 is 4.74 Å². The van der Waals surface area contributed by atoms with E-state index in [9.17, 15) is 5.11 Å². The van der Waals surface area contributed by atoms with Crippen molar-refractivity contribution in [1.82, 2.24) is 0 Å². The van der Waals surface area contributed by atoms with Gasteiger partial charge in [0.1, 0.15) is 11.5 Å². The van der Waals surface area contributed by atoms with Crippen molar-refractivity contribution >= 4 is 0 Å². The molecule has 3 rings (SSSR count). The summed E-state index contributed by atoms with van der Waals surface area (Å²) in [5, 5.41) is 10.7. The maximum absolute atomic E-state index is 10.7. The van der Waals surface area contributed by atoms with Gasteiger partial charge in [-0.2, -0.15) is 0 Å². The summed E-state index contributed by atoms with van der Waals surface area (Å²) in [7, 11) is 0. The van der Waals surface area contributed by atoms with Gasteiger partial charge in [0.25, 0.3) is 0 Å². The highest BCUT2D eigenvalue weighted by atomic mass is 16.5. The summed E-state index contributed by atoms with van der Waals surface area (Å²) in [5.41, 5.74) is 2.24. The first-order valence-electron chi connectivity index (χ1n) is 8.28. The van der Waals surface area contributed by atoms with E-state index in [1.54, 1.807) is 0 Å². The normalized spacial score (nSPS) is 24.6. The largest absolute Gasteiger partial charge is 0.507 e. The Balaban J connectivity index is 1.87. The topological polar surface area (TPSA) is 29.5 Å². The molecule has 2 unspecified atom stereocenters. The zero-order valence-corrected chi connectivity index (χ0v) is 12.5. The van der Waals surface area contributed by atoms with Crippen molar-refractivity contribution in [3.63, 3.8) is 0 Å². The molecule has 1 aliphatic carbocycles. The molecular formula is C18H26O2. The molecule has 1 fully saturated rings. The summed E-state index contributed by atoms with van der Waals surface area (Å²) in [5.74, 6) is 2.62. The number of fused-ring (bicyclic) bond motifs is 3. The zero-order valence-electron chi connectivity index (χ0n) is 12.5. The smallest absolute Gasteiger partial charge is 0.126 e. The molecule has 2 nitrogen and oxygen atoms in total. The monoisotopic (exact) mass is 274 g/mol. The van der Waals surface area contributed by atoms with Crippen LogP contribution in [0, 0.1) is 5.92 Å². The van der Waals surface area contributed by atoms with Crippen LogP contribution in [0.3, 0.4) is 0 Å². The Hall–Kier alpha value is -1.18. The van der Waals surface area contributed by atoms with Crippen molar-refractivity contribution in [1.29, 1.82) is 0 Å². The Morgan fingerprint density at radius 2 is 2.05 bits per heavy atom. The molecule has 1 N–H and O–H groups in total. The Bertz CT molecular complexity index is 467. The second-order valence-corrected chi connectivity index (χ2v) is 6.40. The first-order valence-corrected chi connectivity index (χ1v) is 8.28. The predicted octanol–water partition coefficient (Wildman–Crippen LogP) is 4.79. The average Bonchev–Trinajstić information content (AvgIpc) is 2.49. The highest BCUT2D eigenvalue weighted by molar-refractivity contribution is 5.52. The molecule has 1 heterocycles. The van der Waals surface area contributed by atoms with Gasteiger partial charge in [-0.1, -0.05) is 38.7 Å². The maximum atomic E-state index is 10.7. The first-order chi connectivity index (χ1) is 9.81. The van der Waals surface area contributed by atoms with Gasteiger partial charge in [-0.25, -0.2) is 0 Å². The van der Waals surface area contributed by atoms with Crippen molar-refractivity contribution in [2.24, 2.45) is 5.92 Å². The Labute approximate surface area is 122 Å². The standard InChI is InChI=1S/C18H26O2/c1-2-3-4-7-13-10-11-16-17(18(13)19)15-9-6-5-8-14(15)12-20-16/h10-11,14-15,19H,2-9,12H2,1H3. The minimum absolute atomic E-state index is 0.527. The lowest BCUT2D eigenvalue weighted by molar-refractivity contribution is 0.154. The lowest BCUT2D eigenvalue weighted by atomic mass is 9.73. The molecule has 2 aliphatic rings. The number of hydrogen-bond acceptors (Lipinski definition) is 2. The Kier molecular flexibility index (Phi) is 4.18. The van der Waals surface area contributed by atoms with Crippen molar-refractivity contribution in [2.45, 2.75) is 64.2 Å². The first kappa shape index (κ1) is 13.8. The molecular weight excluding hydrogens is 248 g/mol. The highest BCUT2D eigenvalue weighted by Crippen LogP contribution is 2.49. The molecule has 2 heteroatoms. The molecule has 1 saturated carbocycles. The van der Waals surface area contributed by atoms with E-state index >= 15 is 0 Å². The van der Waals surface area contributed by atoms with Gasteiger partial charge in [0, 0.05) is 11.5 Å². The molecule has 0 spiro atoms. The third-order valence-corrected chi connectivity index (χ3v) is 5.04. The van der Waals surface area contributed by atoms with Crippen LogP contribution in [0.1, 0.15) is 68.9 Å². The summed E-state index contributed by atoms with van der Waals surface area (Å²) in [4.78, 5) is 0. The number of aromatic hydroxyl groups is 1. The summed E-state index contributed by atoms with van der Waals surface area (Å²) in [6, 6.07) is 4.15. The average molecular weight is 274 g/mol. The summed E-state index contributed by atoms with van der Waals surface area (Å²) >= 11 is 0. The molecule has 1 aromatic rings. The van der Waals surface area contributed by atoms with Crippen molar-refractivity contribution in [2.75, 3.05) is 6.61 Å². The molecule has 0 radical (unpaired) electrons. The van der Waals surface area contributed by atoms with Crippen LogP contribution in [-0.4, -0.2) is 11.7 Å². The minimum Gasteiger partial charge on any atom is -0.507 e. The van der Waals surface area contributed by atoms with Gasteiger partial charge in [-0.05, 0) is 43.2 Å². The molecule has 0 amide bonds. The van der Waals surface area contributed by atoms with Gasteiger partial charge in [0.15, 0.2) is 0 Å². The van der Waals surface area contributed by atoms with Crippen molar-refractivity contribution in [3.8, 4) is 11.5 Å². The third-order valence-electron chi connectivity index (χ3n) is 5.04. The number of phenolic OH excluding ortho intramolecular Hbond substituents is 1. The molecule has 0 aromatic heterocycles. The molecule has 0 bridgehead atoms. The zero-order chi connectivity index (χ0) is 13.9. The molecule has 110 valence electrons. The van der Waals surface area contributed by atoms with Gasteiger partial charge < -0.3 is 9.84 Å². The highest BCUT2D eigenvalue weighted by Gasteiger charge is 2.35. The van der Waals surface area contributed by atoms with Crippen LogP contribution in [-0.2, 0) is 6.42 Å². The third kappa shape index (κ3) is 2.53. The van der Waals surface area contributed by atoms with E-state index in [0.717, 1.165) is 36.3 Å². The second-order valence-electron chi connectivity index (χ2n) is 6.40. The number of aryl methyl sites for hydroxylation is 1. The Morgan fingerprint density at radius 1 is 1.20 bits per heavy atom. The molecule has 20 heavy (non-hydrogen) atoms. The summed E-state index contributed by atoms with van der Waals surface area (Å²) < 4.78 is 5.89. The van der Waals surface area contributed by atoms with E-state index in [4.69, 9.17) is 4.74 Å². The summed E-state index contributed by atoms with van der Waals surface area (Å²) in [6.07, 6.45) is 9.69. The second kappa shape index (κ2) is 6.07. The molecule has 2 atom stereocenters. The quantitative estimate of drug-likeness (QED) is 0.800. The fourth-order valence-corrected chi connectivity index (χ4v) is 3.87. The minimum atomic E-state index is 0.527.